The zero-order chi connectivity index (χ0) is 17.6. The van der Waals surface area contributed by atoms with Crippen molar-refractivity contribution in [2.24, 2.45) is 0 Å². The molecule has 6 N–H and O–H groups in total. The molecule has 0 spiro atoms. The molecule has 0 amide bonds. The molecule has 0 rings (SSSR count). The van der Waals surface area contributed by atoms with Gasteiger partial charge in [0.2, 0.25) is 0 Å². The minimum atomic E-state index is 0. The maximum Gasteiger partial charge on any atom is 0.302 e. The largest absolute Gasteiger partial charge is 0.302 e. The van der Waals surface area contributed by atoms with Crippen molar-refractivity contribution in [3.05, 3.63) is 0 Å². The first-order valence-corrected chi connectivity index (χ1v) is 6.46. The van der Waals surface area contributed by atoms with Crippen molar-refractivity contribution in [2.75, 3.05) is 0 Å². The molecule has 0 aromatic carbocycles. The topological polar surface area (TPSA) is 128 Å². The summed E-state index contributed by atoms with van der Waals surface area (Å²) in [5.74, 6) is 1.50. The van der Waals surface area contributed by atoms with E-state index in [-0.39, 0.29) is 75.1 Å². The van der Waals surface area contributed by atoms with E-state index < -0.39 is 0 Å². The standard InChI is InChI=1S/3C5H8O2.Sm/c3*1-4(6)3-5(2)7;/h3*3H2,1-2H3;/p+6. The fourth-order valence-electron chi connectivity index (χ4n) is 1.11. The first kappa shape index (κ1) is 29.4. The maximum atomic E-state index is 8.46. The SMILES string of the molecule is CC(=[OH+])CC(C)=[OH+].CC(=[OH+])CC(C)=[OH+].CC(=[OH+])CC(C)=[OH+].[Sm]. The smallest absolute Gasteiger partial charge is 0.283 e. The molecule has 0 radical (unpaired) electrons. The number of hydrogen-bond acceptors (Lipinski definition) is 0. The van der Waals surface area contributed by atoms with Crippen molar-refractivity contribution in [2.45, 2.75) is 60.8 Å². The van der Waals surface area contributed by atoms with Crippen LogP contribution in [0.15, 0.2) is 0 Å². The molecule has 6 nitrogen and oxygen atoms in total. The van der Waals surface area contributed by atoms with Gasteiger partial charge in [-0.3, -0.25) is 28.8 Å². The molecular weight excluding hydrogens is 427 g/mol. The Morgan fingerprint density at radius 1 is 0.409 bits per heavy atom. The van der Waals surface area contributed by atoms with E-state index in [2.05, 4.69) is 0 Å². The first-order valence-electron chi connectivity index (χ1n) is 6.46. The van der Waals surface area contributed by atoms with Gasteiger partial charge in [-0.05, 0) is 0 Å². The van der Waals surface area contributed by atoms with Crippen LogP contribution in [-0.4, -0.2) is 63.5 Å². The van der Waals surface area contributed by atoms with Gasteiger partial charge in [-0.25, -0.2) is 0 Å². The Bertz CT molecular complexity index is 314. The molecule has 0 aliphatic rings. The summed E-state index contributed by atoms with van der Waals surface area (Å²) in [7, 11) is 0. The van der Waals surface area contributed by atoms with Gasteiger partial charge in [-0.15, -0.1) is 0 Å². The van der Waals surface area contributed by atoms with Crippen LogP contribution in [-0.2, 0) is 0 Å². The molecule has 7 heteroatoms. The zero-order valence-corrected chi connectivity index (χ0v) is 16.8. The van der Waals surface area contributed by atoms with E-state index in [4.69, 9.17) is 28.8 Å². The van der Waals surface area contributed by atoms with Crippen LogP contribution in [0.2, 0.25) is 0 Å². The van der Waals surface area contributed by atoms with Crippen LogP contribution in [0.3, 0.4) is 0 Å². The second-order valence-corrected chi connectivity index (χ2v) is 4.94. The average molecular weight is 457 g/mol. The normalized spacial score (nSPS) is 7.91. The Morgan fingerprint density at radius 2 is 0.500 bits per heavy atom. The Kier molecular flexibility index (Phi) is 24.6. The zero-order valence-electron chi connectivity index (χ0n) is 14.2. The molecule has 0 atom stereocenters. The molecule has 126 valence electrons. The fourth-order valence-corrected chi connectivity index (χ4v) is 1.11. The minimum absolute atomic E-state index is 0. The second-order valence-electron chi connectivity index (χ2n) is 4.94. The molecule has 0 saturated heterocycles. The molecule has 0 saturated carbocycles. The minimum Gasteiger partial charge on any atom is -0.283 e. The molecular formula is C15H30O6Sm+6. The summed E-state index contributed by atoms with van der Waals surface area (Å²) in [5, 5.41) is 0. The number of hydrogen-bond donors (Lipinski definition) is 0. The number of carbonyl (C=O) groups excluding carboxylic acids is 6. The van der Waals surface area contributed by atoms with E-state index in [0.717, 1.165) is 0 Å². The number of ketones is 6. The summed E-state index contributed by atoms with van der Waals surface area (Å²) >= 11 is 0. The summed E-state index contributed by atoms with van der Waals surface area (Å²) < 4.78 is 0. The molecule has 0 aromatic heterocycles. The van der Waals surface area contributed by atoms with Gasteiger partial charge < -0.3 is 0 Å². The predicted molar refractivity (Wildman–Crippen MR) is 89.6 cm³/mol. The van der Waals surface area contributed by atoms with E-state index in [1.165, 1.54) is 0 Å². The quantitative estimate of drug-likeness (QED) is 0.424. The van der Waals surface area contributed by atoms with Crippen molar-refractivity contribution in [3.8, 4) is 0 Å². The molecule has 0 heterocycles. The Labute approximate surface area is 163 Å². The maximum absolute atomic E-state index is 8.46. The summed E-state index contributed by atoms with van der Waals surface area (Å²) in [4.78, 5) is 50.8. The first-order chi connectivity index (χ1) is 9.38. The van der Waals surface area contributed by atoms with Gasteiger partial charge in [0.25, 0.3) is 0 Å². The average Bonchev–Trinajstić information content (AvgIpc) is 2.10. The Balaban J connectivity index is -0.000000108. The van der Waals surface area contributed by atoms with Crippen molar-refractivity contribution >= 4 is 34.7 Å². The van der Waals surface area contributed by atoms with Gasteiger partial charge in [0.05, 0.1) is 0 Å². The fraction of sp³-hybridized carbons (Fsp3) is 0.600. The Hall–Kier alpha value is -0.642. The van der Waals surface area contributed by atoms with Gasteiger partial charge >= 0.3 is 34.7 Å². The van der Waals surface area contributed by atoms with Crippen LogP contribution >= 0.6 is 0 Å². The third kappa shape index (κ3) is 50.6. The van der Waals surface area contributed by atoms with Crippen molar-refractivity contribution < 1.29 is 69.2 Å². The van der Waals surface area contributed by atoms with Crippen LogP contribution in [0, 0.1) is 40.4 Å². The van der Waals surface area contributed by atoms with Crippen LogP contribution in [0.1, 0.15) is 60.8 Å². The van der Waals surface area contributed by atoms with E-state index in [1.807, 2.05) is 0 Å². The van der Waals surface area contributed by atoms with Crippen LogP contribution < -0.4 is 0 Å². The van der Waals surface area contributed by atoms with E-state index >= 15 is 0 Å². The van der Waals surface area contributed by atoms with Gasteiger partial charge in [-0.1, -0.05) is 0 Å². The third-order valence-electron chi connectivity index (χ3n) is 1.54. The van der Waals surface area contributed by atoms with E-state index in [1.54, 1.807) is 41.5 Å². The Morgan fingerprint density at radius 3 is 0.500 bits per heavy atom. The van der Waals surface area contributed by atoms with Crippen LogP contribution in [0.25, 0.3) is 0 Å². The van der Waals surface area contributed by atoms with Crippen LogP contribution in [0.4, 0.5) is 0 Å². The van der Waals surface area contributed by atoms with Crippen LogP contribution in [0.5, 0.6) is 0 Å². The molecule has 0 bridgehead atoms. The van der Waals surface area contributed by atoms with Gasteiger partial charge in [0.1, 0.15) is 0 Å². The number of rotatable bonds is 6. The molecule has 0 fully saturated rings. The van der Waals surface area contributed by atoms with Gasteiger partial charge in [0.15, 0.2) is 19.3 Å². The molecule has 0 unspecified atom stereocenters. The summed E-state index contributed by atoms with van der Waals surface area (Å²) in [6, 6.07) is 0. The molecule has 0 aromatic rings. The van der Waals surface area contributed by atoms with Crippen molar-refractivity contribution in [1.29, 1.82) is 0 Å². The van der Waals surface area contributed by atoms with Crippen molar-refractivity contribution in [1.82, 2.24) is 0 Å². The van der Waals surface area contributed by atoms with E-state index in [9.17, 15) is 0 Å². The summed E-state index contributed by atoms with van der Waals surface area (Å²) in [5.41, 5.74) is 0. The monoisotopic (exact) mass is 458 g/mol. The predicted octanol–water partition coefficient (Wildman–Crippen LogP) is 1.52. The van der Waals surface area contributed by atoms with Gasteiger partial charge in [-0.2, -0.15) is 0 Å². The summed E-state index contributed by atoms with van der Waals surface area (Å²) in [6.45, 7) is 9.33. The molecule has 0 aliphatic carbocycles. The third-order valence-corrected chi connectivity index (χ3v) is 1.54. The van der Waals surface area contributed by atoms with Gasteiger partial charge in [0, 0.05) is 81.9 Å². The molecule has 22 heavy (non-hydrogen) atoms. The van der Waals surface area contributed by atoms with E-state index in [0.29, 0.717) is 19.3 Å². The second kappa shape index (κ2) is 18.4. The van der Waals surface area contributed by atoms with Crippen molar-refractivity contribution in [3.63, 3.8) is 0 Å². The summed E-state index contributed by atoms with van der Waals surface area (Å²) in [6.07, 6.45) is 0.917. The molecule has 0 aliphatic heterocycles.